The smallest absolute Gasteiger partial charge is 0.193 e. The predicted octanol–water partition coefficient (Wildman–Crippen LogP) is 1.32. The van der Waals surface area contributed by atoms with E-state index in [-0.39, 0.29) is 0 Å². The average molecular weight is 183 g/mol. The minimum Gasteiger partial charge on any atom is -0.361 e. The molecule has 4 heteroatoms. The van der Waals surface area contributed by atoms with Crippen LogP contribution in [0, 0.1) is 6.92 Å². The van der Waals surface area contributed by atoms with Crippen LogP contribution in [-0.4, -0.2) is 21.4 Å². The first-order valence-electron chi connectivity index (χ1n) is 4.03. The van der Waals surface area contributed by atoms with Crippen molar-refractivity contribution in [1.29, 1.82) is 0 Å². The summed E-state index contributed by atoms with van der Waals surface area (Å²) in [6.07, 6.45) is 4.77. The lowest BCUT2D eigenvalue weighted by molar-refractivity contribution is 0.800. The number of rotatable bonds is 2. The topological polar surface area (TPSA) is 29.9 Å². The molecule has 0 aliphatic heterocycles. The Morgan fingerprint density at radius 3 is 3.00 bits per heavy atom. The molecule has 0 saturated carbocycles. The number of thiocarbonyl (C=S) groups is 1. The molecule has 1 N–H and O–H groups in total. The van der Waals surface area contributed by atoms with Gasteiger partial charge in [0.25, 0.3) is 0 Å². The lowest BCUT2D eigenvalue weighted by Gasteiger charge is -2.04. The van der Waals surface area contributed by atoms with Crippen molar-refractivity contribution in [1.82, 2.24) is 15.1 Å². The van der Waals surface area contributed by atoms with E-state index in [1.54, 1.807) is 10.9 Å². The first kappa shape index (κ1) is 9.19. The summed E-state index contributed by atoms with van der Waals surface area (Å²) in [5.41, 5.74) is 1.12. The molecule has 0 spiro atoms. The molecule has 1 rings (SSSR count). The maximum Gasteiger partial charge on any atom is 0.193 e. The molecule has 0 fully saturated rings. The monoisotopic (exact) mass is 183 g/mol. The minimum atomic E-state index is 0.671. The van der Waals surface area contributed by atoms with Gasteiger partial charge < -0.3 is 5.32 Å². The Kier molecular flexibility index (Phi) is 3.22. The molecular formula is C8H13N3S. The van der Waals surface area contributed by atoms with Crippen LogP contribution in [0.5, 0.6) is 0 Å². The van der Waals surface area contributed by atoms with E-state index in [1.807, 2.05) is 13.1 Å². The lowest BCUT2D eigenvalue weighted by atomic mass is 10.4. The third-order valence-corrected chi connectivity index (χ3v) is 1.78. The molecule has 0 aliphatic carbocycles. The molecule has 3 nitrogen and oxygen atoms in total. The molecule has 0 amide bonds. The molecule has 0 bridgehead atoms. The van der Waals surface area contributed by atoms with Crippen molar-refractivity contribution in [3.8, 4) is 0 Å². The van der Waals surface area contributed by atoms with Gasteiger partial charge in [0.05, 0.1) is 6.20 Å². The predicted molar refractivity (Wildman–Crippen MR) is 53.3 cm³/mol. The maximum atomic E-state index is 5.09. The van der Waals surface area contributed by atoms with Gasteiger partial charge in [0.1, 0.15) is 0 Å². The number of nitrogens with zero attached hydrogens (tertiary/aromatic N) is 2. The molecule has 1 aromatic rings. The Hall–Kier alpha value is -0.900. The van der Waals surface area contributed by atoms with Gasteiger partial charge in [-0.15, -0.1) is 0 Å². The average Bonchev–Trinajstić information content (AvgIpc) is 2.47. The van der Waals surface area contributed by atoms with E-state index in [9.17, 15) is 0 Å². The summed E-state index contributed by atoms with van der Waals surface area (Å²) >= 11 is 5.09. The number of aryl methyl sites for hydroxylation is 1. The molecule has 0 unspecified atom stereocenters. The van der Waals surface area contributed by atoms with Crippen LogP contribution in [0.15, 0.2) is 12.4 Å². The zero-order chi connectivity index (χ0) is 8.97. The van der Waals surface area contributed by atoms with Gasteiger partial charge >= 0.3 is 0 Å². The van der Waals surface area contributed by atoms with E-state index >= 15 is 0 Å². The van der Waals surface area contributed by atoms with Crippen LogP contribution in [0.1, 0.15) is 18.9 Å². The Labute approximate surface area is 77.8 Å². The summed E-state index contributed by atoms with van der Waals surface area (Å²) in [7, 11) is 0. The van der Waals surface area contributed by atoms with Crippen molar-refractivity contribution in [3.63, 3.8) is 0 Å². The third-order valence-electron chi connectivity index (χ3n) is 1.45. The maximum absolute atomic E-state index is 5.09. The molecule has 0 radical (unpaired) electrons. The van der Waals surface area contributed by atoms with E-state index in [2.05, 4.69) is 17.3 Å². The second-order valence-electron chi connectivity index (χ2n) is 2.69. The minimum absolute atomic E-state index is 0.671. The van der Waals surface area contributed by atoms with Crippen LogP contribution in [0.4, 0.5) is 0 Å². The number of hydrogen-bond acceptors (Lipinski definition) is 2. The van der Waals surface area contributed by atoms with E-state index < -0.39 is 0 Å². The molecule has 0 saturated heterocycles. The zero-order valence-corrected chi connectivity index (χ0v) is 8.19. The normalized spacial score (nSPS) is 9.83. The molecule has 12 heavy (non-hydrogen) atoms. The molecule has 0 aromatic carbocycles. The Balaban J connectivity index is 2.53. The fourth-order valence-electron chi connectivity index (χ4n) is 0.837. The van der Waals surface area contributed by atoms with Crippen LogP contribution in [-0.2, 0) is 0 Å². The van der Waals surface area contributed by atoms with Gasteiger partial charge in [-0.05, 0) is 31.1 Å². The first-order chi connectivity index (χ1) is 5.74. The van der Waals surface area contributed by atoms with E-state index in [4.69, 9.17) is 12.2 Å². The third kappa shape index (κ3) is 2.30. The standard InChI is InChI=1S/C8H13N3S/c1-3-4-9-8(12)11-6-7(2)5-10-11/h5-6H,3-4H2,1-2H3,(H,9,12). The largest absolute Gasteiger partial charge is 0.361 e. The highest BCUT2D eigenvalue weighted by atomic mass is 32.1. The van der Waals surface area contributed by atoms with Crippen LogP contribution < -0.4 is 5.32 Å². The highest BCUT2D eigenvalue weighted by Crippen LogP contribution is 1.93. The van der Waals surface area contributed by atoms with Crippen molar-refractivity contribution in [2.75, 3.05) is 6.54 Å². The van der Waals surface area contributed by atoms with Crippen molar-refractivity contribution >= 4 is 17.3 Å². The summed E-state index contributed by atoms with van der Waals surface area (Å²) < 4.78 is 1.68. The fourth-order valence-corrected chi connectivity index (χ4v) is 1.04. The quantitative estimate of drug-likeness (QED) is 0.701. The summed E-state index contributed by atoms with van der Waals surface area (Å²) in [6.45, 7) is 4.99. The molecule has 0 atom stereocenters. The van der Waals surface area contributed by atoms with E-state index in [0.29, 0.717) is 5.11 Å². The van der Waals surface area contributed by atoms with Gasteiger partial charge in [-0.1, -0.05) is 6.92 Å². The number of hydrogen-bond donors (Lipinski definition) is 1. The molecular weight excluding hydrogens is 170 g/mol. The van der Waals surface area contributed by atoms with Crippen LogP contribution >= 0.6 is 12.2 Å². The summed E-state index contributed by atoms with van der Waals surface area (Å²) in [5, 5.41) is 7.85. The molecule has 1 aromatic heterocycles. The summed E-state index contributed by atoms with van der Waals surface area (Å²) in [5.74, 6) is 0. The van der Waals surface area contributed by atoms with Crippen molar-refractivity contribution in [2.45, 2.75) is 20.3 Å². The van der Waals surface area contributed by atoms with Crippen molar-refractivity contribution in [3.05, 3.63) is 18.0 Å². The van der Waals surface area contributed by atoms with Gasteiger partial charge in [0.15, 0.2) is 5.11 Å². The molecule has 0 aliphatic rings. The van der Waals surface area contributed by atoms with Crippen molar-refractivity contribution < 1.29 is 0 Å². The van der Waals surface area contributed by atoms with Crippen LogP contribution in [0.25, 0.3) is 0 Å². The van der Waals surface area contributed by atoms with Crippen LogP contribution in [0.3, 0.4) is 0 Å². The second-order valence-corrected chi connectivity index (χ2v) is 3.08. The Bertz CT molecular complexity index is 267. The molecule has 1 heterocycles. The number of nitrogens with one attached hydrogen (secondary N) is 1. The van der Waals surface area contributed by atoms with Crippen molar-refractivity contribution in [2.24, 2.45) is 0 Å². The lowest BCUT2D eigenvalue weighted by Crippen LogP contribution is -2.29. The second kappa shape index (κ2) is 4.21. The highest BCUT2D eigenvalue weighted by Gasteiger charge is 1.98. The Morgan fingerprint density at radius 2 is 2.50 bits per heavy atom. The summed E-state index contributed by atoms with van der Waals surface area (Å²) in [6, 6.07) is 0. The first-order valence-corrected chi connectivity index (χ1v) is 4.44. The SMILES string of the molecule is CCCNC(=S)n1cc(C)cn1. The van der Waals surface area contributed by atoms with E-state index in [0.717, 1.165) is 18.5 Å². The van der Waals surface area contributed by atoms with Gasteiger partial charge in [-0.25, -0.2) is 4.68 Å². The Morgan fingerprint density at radius 1 is 1.75 bits per heavy atom. The molecule has 66 valence electrons. The van der Waals surface area contributed by atoms with Crippen LogP contribution in [0.2, 0.25) is 0 Å². The fraction of sp³-hybridized carbons (Fsp3) is 0.500. The zero-order valence-electron chi connectivity index (χ0n) is 7.37. The van der Waals surface area contributed by atoms with Gasteiger partial charge in [-0.3, -0.25) is 0 Å². The van der Waals surface area contributed by atoms with Gasteiger partial charge in [0.2, 0.25) is 0 Å². The summed E-state index contributed by atoms with van der Waals surface area (Å²) in [4.78, 5) is 0. The van der Waals surface area contributed by atoms with E-state index in [1.165, 1.54) is 0 Å². The number of aromatic nitrogens is 2. The van der Waals surface area contributed by atoms with Gasteiger partial charge in [0, 0.05) is 12.7 Å². The van der Waals surface area contributed by atoms with Gasteiger partial charge in [-0.2, -0.15) is 5.10 Å². The highest BCUT2D eigenvalue weighted by molar-refractivity contribution is 7.80.